The summed E-state index contributed by atoms with van der Waals surface area (Å²) in [6.45, 7) is 3.83. The van der Waals surface area contributed by atoms with Gasteiger partial charge in [0.2, 0.25) is 0 Å². The van der Waals surface area contributed by atoms with Gasteiger partial charge in [-0.3, -0.25) is 4.68 Å². The Hall–Kier alpha value is -2.63. The fraction of sp³-hybridized carbons (Fsp3) is 0.267. The molecule has 6 heteroatoms. The molecule has 1 N–H and O–H groups in total. The standard InChI is InChI=1S/C15H18N6/c1-2-9-20-14(6-8-19-20)12-16-13-4-5-15(17-11-13)21-10-3-7-18-21/h3-8,10-11,16H,2,9,12H2,1H3. The number of nitrogens with zero attached hydrogens (tertiary/aromatic N) is 5. The van der Waals surface area contributed by atoms with E-state index in [2.05, 4.69) is 27.4 Å². The van der Waals surface area contributed by atoms with Crippen LogP contribution in [0.3, 0.4) is 0 Å². The zero-order valence-electron chi connectivity index (χ0n) is 12.0. The van der Waals surface area contributed by atoms with Crippen molar-refractivity contribution in [3.63, 3.8) is 0 Å². The molecular weight excluding hydrogens is 264 g/mol. The van der Waals surface area contributed by atoms with Crippen LogP contribution in [0, 0.1) is 0 Å². The Morgan fingerprint density at radius 3 is 2.81 bits per heavy atom. The van der Waals surface area contributed by atoms with Gasteiger partial charge in [0.15, 0.2) is 5.82 Å². The summed E-state index contributed by atoms with van der Waals surface area (Å²) in [6.07, 6.45) is 8.35. The van der Waals surface area contributed by atoms with E-state index in [4.69, 9.17) is 0 Å². The van der Waals surface area contributed by atoms with E-state index in [-0.39, 0.29) is 0 Å². The Balaban J connectivity index is 1.64. The predicted octanol–water partition coefficient (Wildman–Crippen LogP) is 2.49. The van der Waals surface area contributed by atoms with Crippen LogP contribution in [0.4, 0.5) is 5.69 Å². The molecule has 0 unspecified atom stereocenters. The average molecular weight is 282 g/mol. The molecule has 3 rings (SSSR count). The van der Waals surface area contributed by atoms with Crippen LogP contribution in [-0.4, -0.2) is 24.5 Å². The summed E-state index contributed by atoms with van der Waals surface area (Å²) in [5.74, 6) is 0.807. The minimum absolute atomic E-state index is 0.739. The van der Waals surface area contributed by atoms with Gasteiger partial charge in [-0.05, 0) is 30.7 Å². The summed E-state index contributed by atoms with van der Waals surface area (Å²) >= 11 is 0. The van der Waals surface area contributed by atoms with E-state index in [1.54, 1.807) is 10.9 Å². The molecule has 21 heavy (non-hydrogen) atoms. The van der Waals surface area contributed by atoms with E-state index < -0.39 is 0 Å². The van der Waals surface area contributed by atoms with Crippen molar-refractivity contribution >= 4 is 5.69 Å². The third kappa shape index (κ3) is 3.10. The first-order chi connectivity index (χ1) is 10.4. The maximum Gasteiger partial charge on any atom is 0.153 e. The average Bonchev–Trinajstić information content (AvgIpc) is 3.18. The highest BCUT2D eigenvalue weighted by atomic mass is 15.3. The van der Waals surface area contributed by atoms with Gasteiger partial charge in [0.05, 0.1) is 24.1 Å². The second kappa shape index (κ2) is 6.21. The van der Waals surface area contributed by atoms with Crippen molar-refractivity contribution in [2.75, 3.05) is 5.32 Å². The largest absolute Gasteiger partial charge is 0.378 e. The minimum atomic E-state index is 0.739. The SMILES string of the molecule is CCCn1nccc1CNc1ccc(-n2cccn2)nc1. The van der Waals surface area contributed by atoms with Gasteiger partial charge in [-0.2, -0.15) is 10.2 Å². The number of aromatic nitrogens is 5. The number of hydrogen-bond acceptors (Lipinski definition) is 4. The van der Waals surface area contributed by atoms with Gasteiger partial charge < -0.3 is 5.32 Å². The number of pyridine rings is 1. The number of nitrogens with one attached hydrogen (secondary N) is 1. The van der Waals surface area contributed by atoms with Gasteiger partial charge in [-0.1, -0.05) is 6.92 Å². The van der Waals surface area contributed by atoms with Crippen LogP contribution in [-0.2, 0) is 13.1 Å². The monoisotopic (exact) mass is 282 g/mol. The maximum absolute atomic E-state index is 4.40. The summed E-state index contributed by atoms with van der Waals surface area (Å²) in [4.78, 5) is 4.40. The van der Waals surface area contributed by atoms with Crippen molar-refractivity contribution in [3.8, 4) is 5.82 Å². The fourth-order valence-electron chi connectivity index (χ4n) is 2.15. The lowest BCUT2D eigenvalue weighted by Crippen LogP contribution is -2.09. The topological polar surface area (TPSA) is 60.6 Å². The molecule has 0 aliphatic carbocycles. The summed E-state index contributed by atoms with van der Waals surface area (Å²) in [5, 5.41) is 11.8. The molecule has 3 heterocycles. The maximum atomic E-state index is 4.40. The lowest BCUT2D eigenvalue weighted by molar-refractivity contribution is 0.578. The van der Waals surface area contributed by atoms with Crippen LogP contribution in [0.2, 0.25) is 0 Å². The summed E-state index contributed by atoms with van der Waals surface area (Å²) in [6, 6.07) is 7.86. The third-order valence-corrected chi connectivity index (χ3v) is 3.20. The molecule has 0 aliphatic rings. The highest BCUT2D eigenvalue weighted by Crippen LogP contribution is 2.11. The molecule has 0 amide bonds. The van der Waals surface area contributed by atoms with Crippen LogP contribution in [0.1, 0.15) is 19.0 Å². The molecule has 0 fully saturated rings. The summed E-state index contributed by atoms with van der Waals surface area (Å²) in [5.41, 5.74) is 2.16. The van der Waals surface area contributed by atoms with Gasteiger partial charge in [0, 0.05) is 25.1 Å². The molecule has 0 spiro atoms. The van der Waals surface area contributed by atoms with E-state index in [1.807, 2.05) is 47.5 Å². The predicted molar refractivity (Wildman–Crippen MR) is 81.2 cm³/mol. The summed E-state index contributed by atoms with van der Waals surface area (Å²) in [7, 11) is 0. The lowest BCUT2D eigenvalue weighted by Gasteiger charge is -2.09. The number of hydrogen-bond donors (Lipinski definition) is 1. The van der Waals surface area contributed by atoms with Crippen LogP contribution < -0.4 is 5.32 Å². The molecule has 108 valence electrons. The van der Waals surface area contributed by atoms with Crippen molar-refractivity contribution in [1.82, 2.24) is 24.5 Å². The molecular formula is C15H18N6. The van der Waals surface area contributed by atoms with Crippen LogP contribution in [0.5, 0.6) is 0 Å². The molecule has 0 saturated heterocycles. The molecule has 6 nitrogen and oxygen atoms in total. The van der Waals surface area contributed by atoms with E-state index in [1.165, 1.54) is 5.69 Å². The van der Waals surface area contributed by atoms with Crippen molar-refractivity contribution < 1.29 is 0 Å². The van der Waals surface area contributed by atoms with E-state index >= 15 is 0 Å². The highest BCUT2D eigenvalue weighted by molar-refractivity contribution is 5.43. The van der Waals surface area contributed by atoms with Crippen molar-refractivity contribution in [2.24, 2.45) is 0 Å². The van der Waals surface area contributed by atoms with Gasteiger partial charge in [-0.15, -0.1) is 0 Å². The second-order valence-corrected chi connectivity index (χ2v) is 4.75. The Morgan fingerprint density at radius 2 is 2.10 bits per heavy atom. The summed E-state index contributed by atoms with van der Waals surface area (Å²) < 4.78 is 3.76. The zero-order valence-corrected chi connectivity index (χ0v) is 12.0. The van der Waals surface area contributed by atoms with Crippen LogP contribution >= 0.6 is 0 Å². The molecule has 0 aliphatic heterocycles. The Morgan fingerprint density at radius 1 is 1.14 bits per heavy atom. The Kier molecular flexibility index (Phi) is 3.95. The molecule has 0 bridgehead atoms. The number of aryl methyl sites for hydroxylation is 1. The van der Waals surface area contributed by atoms with Crippen molar-refractivity contribution in [1.29, 1.82) is 0 Å². The van der Waals surface area contributed by atoms with Gasteiger partial charge >= 0.3 is 0 Å². The fourth-order valence-corrected chi connectivity index (χ4v) is 2.15. The first-order valence-electron chi connectivity index (χ1n) is 7.07. The lowest BCUT2D eigenvalue weighted by atomic mass is 10.3. The Bertz CT molecular complexity index is 669. The Labute approximate surface area is 123 Å². The van der Waals surface area contributed by atoms with Crippen LogP contribution in [0.25, 0.3) is 5.82 Å². The molecule has 3 aromatic heterocycles. The first kappa shape index (κ1) is 13.4. The minimum Gasteiger partial charge on any atom is -0.378 e. The van der Waals surface area contributed by atoms with E-state index in [9.17, 15) is 0 Å². The van der Waals surface area contributed by atoms with Gasteiger partial charge in [-0.25, -0.2) is 9.67 Å². The second-order valence-electron chi connectivity index (χ2n) is 4.75. The normalized spacial score (nSPS) is 10.7. The molecule has 0 atom stereocenters. The molecule has 3 aromatic rings. The van der Waals surface area contributed by atoms with E-state index in [0.717, 1.165) is 31.0 Å². The van der Waals surface area contributed by atoms with Crippen LogP contribution in [0.15, 0.2) is 49.1 Å². The van der Waals surface area contributed by atoms with E-state index in [0.29, 0.717) is 0 Å². The zero-order chi connectivity index (χ0) is 14.5. The highest BCUT2D eigenvalue weighted by Gasteiger charge is 2.02. The molecule has 0 aromatic carbocycles. The number of rotatable bonds is 6. The first-order valence-corrected chi connectivity index (χ1v) is 7.07. The third-order valence-electron chi connectivity index (χ3n) is 3.20. The van der Waals surface area contributed by atoms with Gasteiger partial charge in [0.1, 0.15) is 0 Å². The molecule has 0 radical (unpaired) electrons. The van der Waals surface area contributed by atoms with Crippen molar-refractivity contribution in [3.05, 3.63) is 54.7 Å². The smallest absolute Gasteiger partial charge is 0.153 e. The van der Waals surface area contributed by atoms with Gasteiger partial charge in [0.25, 0.3) is 0 Å². The number of anilines is 1. The molecule has 0 saturated carbocycles. The van der Waals surface area contributed by atoms with Crippen molar-refractivity contribution in [2.45, 2.75) is 26.4 Å². The quantitative estimate of drug-likeness (QED) is 0.754.